The monoisotopic (exact) mass is 884 g/mol. The minimum atomic E-state index is -2.60. The summed E-state index contributed by atoms with van der Waals surface area (Å²) in [6.07, 6.45) is -0.0407. The molecule has 2 aromatic heterocycles. The highest BCUT2D eigenvalue weighted by atomic mass is 31.2. The van der Waals surface area contributed by atoms with Crippen molar-refractivity contribution >= 4 is 28.0 Å². The number of ether oxygens (including phenoxy) is 4. The number of H-pyrrole nitrogens is 1. The smallest absolute Gasteiger partial charge is 0.278 e. The standard InChI is InChI=1S/C46H61N6O8PSi/c1-31(2)52(32(3)4)61(57-27-15-26-47)59-40-38(58-44(41(40)60-62(10,11)45(5,6)7)51-30-50-39-42(51)48-29-49-43(39)53)28-56-46(33-16-13-12-14-17-33,34-18-22-36(54-8)23-19-34)35-20-24-37(55-9)25-21-35/h12-14,16-25,29-32,38,40-41,44H,15,27-28H2,1-11H3,(H,48,49,53)/t38-,40-,41-,44-,61?/m1/s1. The van der Waals surface area contributed by atoms with Crippen molar-refractivity contribution < 1.29 is 32.4 Å². The molecule has 16 heteroatoms. The molecule has 5 atom stereocenters. The van der Waals surface area contributed by atoms with Crippen LogP contribution in [0.1, 0.15) is 77.8 Å². The van der Waals surface area contributed by atoms with Gasteiger partial charge in [-0.2, -0.15) is 5.26 Å². The van der Waals surface area contributed by atoms with E-state index in [0.29, 0.717) is 17.1 Å². The van der Waals surface area contributed by atoms with Crippen molar-refractivity contribution in [1.29, 1.82) is 5.26 Å². The second-order valence-electron chi connectivity index (χ2n) is 17.4. The summed E-state index contributed by atoms with van der Waals surface area (Å²) in [6.45, 7) is 19.5. The van der Waals surface area contributed by atoms with Gasteiger partial charge >= 0.3 is 0 Å². The molecule has 62 heavy (non-hydrogen) atoms. The fourth-order valence-corrected chi connectivity index (χ4v) is 10.6. The maximum atomic E-state index is 13.0. The summed E-state index contributed by atoms with van der Waals surface area (Å²) in [7, 11) is -1.10. The van der Waals surface area contributed by atoms with Gasteiger partial charge in [0.1, 0.15) is 35.4 Å². The van der Waals surface area contributed by atoms with Crippen molar-refractivity contribution in [3.8, 4) is 17.6 Å². The average Bonchev–Trinajstić information content (AvgIpc) is 3.82. The summed E-state index contributed by atoms with van der Waals surface area (Å²) >= 11 is 0. The Bertz CT molecular complexity index is 2260. The molecule has 1 aliphatic rings. The Morgan fingerprint density at radius 1 is 0.887 bits per heavy atom. The molecule has 1 saturated heterocycles. The molecule has 0 aliphatic carbocycles. The van der Waals surface area contributed by atoms with Gasteiger partial charge in [-0.1, -0.05) is 75.4 Å². The lowest BCUT2D eigenvalue weighted by molar-refractivity contribution is -0.0926. The van der Waals surface area contributed by atoms with Crippen LogP contribution in [0.3, 0.4) is 0 Å². The maximum absolute atomic E-state index is 13.0. The van der Waals surface area contributed by atoms with Gasteiger partial charge in [-0.25, -0.2) is 14.6 Å². The van der Waals surface area contributed by atoms with E-state index < -0.39 is 47.0 Å². The third-order valence-corrected chi connectivity index (χ3v) is 18.3. The van der Waals surface area contributed by atoms with Gasteiger partial charge in [-0.05, 0) is 86.8 Å². The number of methoxy groups -OCH3 is 2. The number of hydrogen-bond acceptors (Lipinski definition) is 12. The molecule has 0 amide bonds. The predicted molar refractivity (Wildman–Crippen MR) is 242 cm³/mol. The summed E-state index contributed by atoms with van der Waals surface area (Å²) in [5, 5.41) is 9.36. The van der Waals surface area contributed by atoms with Crippen LogP contribution in [-0.4, -0.2) is 90.3 Å². The van der Waals surface area contributed by atoms with Crippen molar-refractivity contribution in [1.82, 2.24) is 24.2 Å². The molecule has 0 saturated carbocycles. The molecule has 3 aromatic carbocycles. The number of hydrogen-bond donors (Lipinski definition) is 1. The first kappa shape index (κ1) is 47.0. The summed E-state index contributed by atoms with van der Waals surface area (Å²) in [6, 6.07) is 28.1. The van der Waals surface area contributed by atoms with Gasteiger partial charge in [0, 0.05) is 12.1 Å². The van der Waals surface area contributed by atoms with Crippen molar-refractivity contribution in [3.63, 3.8) is 0 Å². The van der Waals surface area contributed by atoms with Gasteiger partial charge in [0.25, 0.3) is 14.1 Å². The van der Waals surface area contributed by atoms with E-state index in [4.69, 9.17) is 32.4 Å². The number of aromatic amines is 1. The van der Waals surface area contributed by atoms with E-state index in [1.165, 1.54) is 6.33 Å². The third kappa shape index (κ3) is 9.83. The van der Waals surface area contributed by atoms with Crippen molar-refractivity contribution in [2.75, 3.05) is 27.4 Å². The minimum Gasteiger partial charge on any atom is -0.497 e. The van der Waals surface area contributed by atoms with E-state index in [-0.39, 0.29) is 47.8 Å². The molecule has 14 nitrogen and oxygen atoms in total. The number of benzene rings is 3. The Hall–Kier alpha value is -4.49. The number of nitrogens with zero attached hydrogens (tertiary/aromatic N) is 5. The van der Waals surface area contributed by atoms with Crippen LogP contribution in [0, 0.1) is 11.3 Å². The molecule has 0 radical (unpaired) electrons. The molecule has 5 aromatic rings. The fourth-order valence-electron chi connectivity index (χ4n) is 7.57. The molecule has 1 fully saturated rings. The zero-order chi connectivity index (χ0) is 44.8. The van der Waals surface area contributed by atoms with Gasteiger partial charge in [-0.15, -0.1) is 0 Å². The molecular weight excluding hydrogens is 824 g/mol. The van der Waals surface area contributed by atoms with E-state index in [2.05, 4.69) is 99.4 Å². The summed E-state index contributed by atoms with van der Waals surface area (Å²) in [4.78, 5) is 24.7. The van der Waals surface area contributed by atoms with Crippen LogP contribution < -0.4 is 15.0 Å². The van der Waals surface area contributed by atoms with E-state index in [1.807, 2.05) is 66.7 Å². The number of nitrogens with one attached hydrogen (secondary N) is 1. The van der Waals surface area contributed by atoms with Gasteiger partial charge in [-0.3, -0.25) is 9.36 Å². The molecule has 332 valence electrons. The lowest BCUT2D eigenvalue weighted by Gasteiger charge is -2.42. The lowest BCUT2D eigenvalue weighted by atomic mass is 9.80. The highest BCUT2D eigenvalue weighted by molar-refractivity contribution is 7.44. The first-order valence-electron chi connectivity index (χ1n) is 21.0. The van der Waals surface area contributed by atoms with E-state index >= 15 is 0 Å². The van der Waals surface area contributed by atoms with Gasteiger partial charge in [0.15, 0.2) is 25.7 Å². The van der Waals surface area contributed by atoms with E-state index in [9.17, 15) is 10.1 Å². The van der Waals surface area contributed by atoms with Crippen LogP contribution in [0.2, 0.25) is 18.1 Å². The number of fused-ring (bicyclic) bond motifs is 1. The first-order valence-corrected chi connectivity index (χ1v) is 25.1. The SMILES string of the molecule is COc1ccc(C(OC[C@H]2O[C@@H](n3cnc4c(=O)[nH]cnc43)[C@H](O[Si](C)(C)C(C)(C)C)[C@@H]2OP(OCCC#N)N(C(C)C)C(C)C)(c2ccccc2)c2ccc(OC)cc2)cc1. The number of imidazole rings is 1. The lowest BCUT2D eigenvalue weighted by Crippen LogP contribution is -2.50. The molecule has 1 unspecified atom stereocenters. The van der Waals surface area contributed by atoms with Gasteiger partial charge in [0.05, 0.1) is 52.6 Å². The van der Waals surface area contributed by atoms with E-state index in [1.54, 1.807) is 25.1 Å². The van der Waals surface area contributed by atoms with Crippen LogP contribution in [0.25, 0.3) is 11.2 Å². The Morgan fingerprint density at radius 3 is 2.00 bits per heavy atom. The number of rotatable bonds is 19. The molecule has 1 aliphatic heterocycles. The summed E-state index contributed by atoms with van der Waals surface area (Å²) in [5.74, 6) is 1.41. The Labute approximate surface area is 367 Å². The Balaban J connectivity index is 1.56. The third-order valence-electron chi connectivity index (χ3n) is 11.7. The second kappa shape index (κ2) is 19.9. The minimum absolute atomic E-state index is 0.0108. The largest absolute Gasteiger partial charge is 0.497 e. The Morgan fingerprint density at radius 2 is 1.47 bits per heavy atom. The molecule has 0 spiro atoms. The zero-order valence-electron chi connectivity index (χ0n) is 37.7. The topological polar surface area (TPSA) is 155 Å². The fraction of sp³-hybridized carbons (Fsp3) is 0.478. The van der Waals surface area contributed by atoms with E-state index in [0.717, 1.165) is 16.7 Å². The van der Waals surface area contributed by atoms with Crippen molar-refractivity contribution in [2.24, 2.45) is 0 Å². The predicted octanol–water partition coefficient (Wildman–Crippen LogP) is 9.09. The normalized spacial score (nSPS) is 19.0. The molecule has 0 bridgehead atoms. The van der Waals surface area contributed by atoms with Crippen LogP contribution >= 0.6 is 8.53 Å². The quantitative estimate of drug-likeness (QED) is 0.0364. The van der Waals surface area contributed by atoms with Crippen LogP contribution in [0.15, 0.2) is 96.3 Å². The molecule has 3 heterocycles. The second-order valence-corrected chi connectivity index (χ2v) is 23.6. The number of aromatic nitrogens is 4. The molecule has 1 N–H and O–H groups in total. The van der Waals surface area contributed by atoms with Crippen LogP contribution in [0.5, 0.6) is 11.5 Å². The van der Waals surface area contributed by atoms with Crippen molar-refractivity contribution in [2.45, 2.75) is 115 Å². The summed E-state index contributed by atoms with van der Waals surface area (Å²) < 4.78 is 51.1. The van der Waals surface area contributed by atoms with Crippen molar-refractivity contribution in [3.05, 3.63) is 119 Å². The molecule has 6 rings (SSSR count). The first-order chi connectivity index (χ1) is 29.6. The zero-order valence-corrected chi connectivity index (χ0v) is 39.6. The van der Waals surface area contributed by atoms with Gasteiger partial charge in [0.2, 0.25) is 0 Å². The maximum Gasteiger partial charge on any atom is 0.278 e. The summed E-state index contributed by atoms with van der Waals surface area (Å²) in [5.41, 5.74) is 1.57. The highest BCUT2D eigenvalue weighted by Gasteiger charge is 2.54. The van der Waals surface area contributed by atoms with Crippen LogP contribution in [-0.2, 0) is 28.5 Å². The Kier molecular flexibility index (Phi) is 15.1. The average molecular weight is 885 g/mol. The van der Waals surface area contributed by atoms with Crippen LogP contribution in [0.4, 0.5) is 0 Å². The molecular formula is C46H61N6O8PSi. The number of nitriles is 1. The highest BCUT2D eigenvalue weighted by Crippen LogP contribution is 2.53. The van der Waals surface area contributed by atoms with Gasteiger partial charge < -0.3 is 37.4 Å².